The first-order valence-electron chi connectivity index (χ1n) is 8.96. The van der Waals surface area contributed by atoms with Crippen LogP contribution in [0.15, 0.2) is 48.7 Å². The minimum absolute atomic E-state index is 0.0102. The van der Waals surface area contributed by atoms with Crippen LogP contribution in [-0.2, 0) is 11.3 Å². The van der Waals surface area contributed by atoms with E-state index in [0.717, 1.165) is 25.0 Å². The number of nitrogens with two attached hydrogens (primary N) is 1. The Balaban J connectivity index is 1.60. The summed E-state index contributed by atoms with van der Waals surface area (Å²) < 4.78 is 0. The molecule has 6 nitrogen and oxygen atoms in total. The third kappa shape index (κ3) is 4.46. The second-order valence-electron chi connectivity index (χ2n) is 6.61. The van der Waals surface area contributed by atoms with Crippen LogP contribution in [0, 0.1) is 11.8 Å². The van der Waals surface area contributed by atoms with Crippen LogP contribution < -0.4 is 16.4 Å². The molecule has 1 fully saturated rings. The summed E-state index contributed by atoms with van der Waals surface area (Å²) >= 11 is 0. The standard InChI is InChI=1S/C20H24N4O2/c21-12-15-6-4-9-18(15)20(26)24-16-8-3-5-14(11-16)19(25)23-13-17-7-1-2-10-22-17/h1-3,5,7-8,10-11,15,18H,4,6,9,12-13,21H2,(H,23,25)(H,24,26)/t15-,18-/m1/s1. The number of amides is 2. The highest BCUT2D eigenvalue weighted by Crippen LogP contribution is 2.31. The smallest absolute Gasteiger partial charge is 0.251 e. The highest BCUT2D eigenvalue weighted by atomic mass is 16.2. The fraction of sp³-hybridized carbons (Fsp3) is 0.350. The number of hydrogen-bond donors (Lipinski definition) is 3. The lowest BCUT2D eigenvalue weighted by atomic mass is 9.95. The maximum atomic E-state index is 12.5. The first-order chi connectivity index (χ1) is 12.7. The molecule has 2 aromatic rings. The number of hydrogen-bond acceptors (Lipinski definition) is 4. The Kier molecular flexibility index (Phi) is 5.96. The zero-order valence-corrected chi connectivity index (χ0v) is 14.7. The number of nitrogens with one attached hydrogen (secondary N) is 2. The molecule has 1 aromatic carbocycles. The second kappa shape index (κ2) is 8.58. The van der Waals surface area contributed by atoms with Crippen LogP contribution in [0.1, 0.15) is 35.3 Å². The van der Waals surface area contributed by atoms with E-state index < -0.39 is 0 Å². The number of carbonyl (C=O) groups excluding carboxylic acids is 2. The summed E-state index contributed by atoms with van der Waals surface area (Å²) in [6.07, 6.45) is 4.60. The molecule has 0 unspecified atom stereocenters. The molecule has 1 aliphatic rings. The van der Waals surface area contributed by atoms with Gasteiger partial charge in [0.15, 0.2) is 0 Å². The molecule has 0 bridgehead atoms. The average molecular weight is 352 g/mol. The Labute approximate surface area is 153 Å². The molecule has 3 rings (SSSR count). The quantitative estimate of drug-likeness (QED) is 0.743. The van der Waals surface area contributed by atoms with Gasteiger partial charge in [0.05, 0.1) is 12.2 Å². The van der Waals surface area contributed by atoms with Gasteiger partial charge in [0.2, 0.25) is 5.91 Å². The summed E-state index contributed by atoms with van der Waals surface area (Å²) in [6.45, 7) is 0.893. The first kappa shape index (κ1) is 18.1. The van der Waals surface area contributed by atoms with E-state index in [4.69, 9.17) is 5.73 Å². The molecule has 26 heavy (non-hydrogen) atoms. The van der Waals surface area contributed by atoms with E-state index >= 15 is 0 Å². The molecular weight excluding hydrogens is 328 g/mol. The molecule has 0 spiro atoms. The molecule has 6 heteroatoms. The highest BCUT2D eigenvalue weighted by molar-refractivity contribution is 5.97. The number of rotatable bonds is 6. The average Bonchev–Trinajstić information content (AvgIpc) is 3.16. The SMILES string of the molecule is NC[C@H]1CCC[C@H]1C(=O)Nc1cccc(C(=O)NCc2ccccn2)c1. The van der Waals surface area contributed by atoms with Crippen molar-refractivity contribution in [3.8, 4) is 0 Å². The lowest BCUT2D eigenvalue weighted by Crippen LogP contribution is -2.30. The molecular formula is C20H24N4O2. The van der Waals surface area contributed by atoms with Gasteiger partial charge in [0.25, 0.3) is 5.91 Å². The van der Waals surface area contributed by atoms with Crippen LogP contribution in [0.4, 0.5) is 5.69 Å². The van der Waals surface area contributed by atoms with E-state index in [0.29, 0.717) is 24.3 Å². The molecule has 0 saturated heterocycles. The number of nitrogens with zero attached hydrogens (tertiary/aromatic N) is 1. The maximum Gasteiger partial charge on any atom is 0.251 e. The number of anilines is 1. The Hall–Kier alpha value is -2.73. The van der Waals surface area contributed by atoms with E-state index in [9.17, 15) is 9.59 Å². The third-order valence-electron chi connectivity index (χ3n) is 4.85. The van der Waals surface area contributed by atoms with Gasteiger partial charge in [-0.1, -0.05) is 18.6 Å². The van der Waals surface area contributed by atoms with Crippen molar-refractivity contribution in [3.05, 3.63) is 59.9 Å². The molecule has 1 aliphatic carbocycles. The Morgan fingerprint density at radius 3 is 2.81 bits per heavy atom. The number of pyridine rings is 1. The molecule has 0 aliphatic heterocycles. The molecule has 0 radical (unpaired) electrons. The van der Waals surface area contributed by atoms with E-state index in [1.54, 1.807) is 30.5 Å². The zero-order valence-electron chi connectivity index (χ0n) is 14.7. The van der Waals surface area contributed by atoms with Crippen molar-refractivity contribution in [2.24, 2.45) is 17.6 Å². The van der Waals surface area contributed by atoms with Crippen molar-refractivity contribution in [3.63, 3.8) is 0 Å². The summed E-state index contributed by atoms with van der Waals surface area (Å²) in [6, 6.07) is 12.5. The predicted octanol–water partition coefficient (Wildman–Crippen LogP) is 2.33. The molecule has 4 N–H and O–H groups in total. The fourth-order valence-corrected chi connectivity index (χ4v) is 3.41. The van der Waals surface area contributed by atoms with Gasteiger partial charge in [0.1, 0.15) is 0 Å². The van der Waals surface area contributed by atoms with Crippen molar-refractivity contribution in [1.82, 2.24) is 10.3 Å². The van der Waals surface area contributed by atoms with Gasteiger partial charge in [-0.15, -0.1) is 0 Å². The summed E-state index contributed by atoms with van der Waals surface area (Å²) in [5.74, 6) is -0.00191. The number of benzene rings is 1. The van der Waals surface area contributed by atoms with E-state index in [1.807, 2.05) is 18.2 Å². The first-order valence-corrected chi connectivity index (χ1v) is 8.96. The summed E-state index contributed by atoms with van der Waals surface area (Å²) in [5.41, 5.74) is 7.68. The van der Waals surface area contributed by atoms with Crippen LogP contribution in [-0.4, -0.2) is 23.3 Å². The van der Waals surface area contributed by atoms with Crippen molar-refractivity contribution >= 4 is 17.5 Å². The largest absolute Gasteiger partial charge is 0.346 e. The highest BCUT2D eigenvalue weighted by Gasteiger charge is 2.31. The maximum absolute atomic E-state index is 12.5. The Morgan fingerprint density at radius 1 is 1.15 bits per heavy atom. The second-order valence-corrected chi connectivity index (χ2v) is 6.61. The van der Waals surface area contributed by atoms with Crippen molar-refractivity contribution in [2.75, 3.05) is 11.9 Å². The predicted molar refractivity (Wildman–Crippen MR) is 100 cm³/mol. The van der Waals surface area contributed by atoms with Gasteiger partial charge in [-0.05, 0) is 55.6 Å². The normalized spacial score (nSPS) is 19.1. The van der Waals surface area contributed by atoms with Gasteiger partial charge in [-0.2, -0.15) is 0 Å². The topological polar surface area (TPSA) is 97.1 Å². The zero-order chi connectivity index (χ0) is 18.4. The molecule has 1 aromatic heterocycles. The lowest BCUT2D eigenvalue weighted by molar-refractivity contribution is -0.120. The summed E-state index contributed by atoms with van der Waals surface area (Å²) in [7, 11) is 0. The van der Waals surface area contributed by atoms with Crippen molar-refractivity contribution in [1.29, 1.82) is 0 Å². The molecule has 2 atom stereocenters. The minimum Gasteiger partial charge on any atom is -0.346 e. The monoisotopic (exact) mass is 352 g/mol. The van der Waals surface area contributed by atoms with E-state index in [1.165, 1.54) is 0 Å². The van der Waals surface area contributed by atoms with Crippen molar-refractivity contribution < 1.29 is 9.59 Å². The van der Waals surface area contributed by atoms with Gasteiger partial charge < -0.3 is 16.4 Å². The lowest BCUT2D eigenvalue weighted by Gasteiger charge is -2.17. The van der Waals surface area contributed by atoms with Gasteiger partial charge in [-0.3, -0.25) is 14.6 Å². The Bertz CT molecular complexity index is 763. The molecule has 2 amide bonds. The van der Waals surface area contributed by atoms with E-state index in [2.05, 4.69) is 15.6 Å². The van der Waals surface area contributed by atoms with Gasteiger partial charge in [-0.25, -0.2) is 0 Å². The summed E-state index contributed by atoms with van der Waals surface area (Å²) in [4.78, 5) is 29.0. The Morgan fingerprint density at radius 2 is 2.04 bits per heavy atom. The summed E-state index contributed by atoms with van der Waals surface area (Å²) in [5, 5.41) is 5.77. The van der Waals surface area contributed by atoms with Crippen LogP contribution >= 0.6 is 0 Å². The van der Waals surface area contributed by atoms with Crippen LogP contribution in [0.5, 0.6) is 0 Å². The van der Waals surface area contributed by atoms with Crippen LogP contribution in [0.3, 0.4) is 0 Å². The van der Waals surface area contributed by atoms with E-state index in [-0.39, 0.29) is 23.7 Å². The molecule has 136 valence electrons. The minimum atomic E-state index is -0.201. The van der Waals surface area contributed by atoms with Crippen molar-refractivity contribution in [2.45, 2.75) is 25.8 Å². The van der Waals surface area contributed by atoms with Gasteiger partial charge in [0, 0.05) is 23.4 Å². The molecule has 1 saturated carbocycles. The molecule has 1 heterocycles. The third-order valence-corrected chi connectivity index (χ3v) is 4.85. The fourth-order valence-electron chi connectivity index (χ4n) is 3.41. The van der Waals surface area contributed by atoms with Crippen LogP contribution in [0.2, 0.25) is 0 Å². The van der Waals surface area contributed by atoms with Gasteiger partial charge >= 0.3 is 0 Å². The number of carbonyl (C=O) groups is 2. The number of aromatic nitrogens is 1. The van der Waals surface area contributed by atoms with Crippen LogP contribution in [0.25, 0.3) is 0 Å².